The minimum Gasteiger partial charge on any atom is -0.355 e. The fourth-order valence-electron chi connectivity index (χ4n) is 1.29. The van der Waals surface area contributed by atoms with Crippen LogP contribution < -0.4 is 10.2 Å². The molecule has 1 heterocycles. The minimum absolute atomic E-state index is 0.0499. The fourth-order valence-corrected chi connectivity index (χ4v) is 1.51. The standard InChI is InChI=1S/C10H15ClN4O/c1-3-12-8(16)7-15(4-2)10-9(11)13-5-6-14-10/h5-6H,3-4,7H2,1-2H3,(H,12,16). The molecule has 0 aliphatic carbocycles. The lowest BCUT2D eigenvalue weighted by molar-refractivity contribution is -0.119. The second-order valence-corrected chi connectivity index (χ2v) is 3.50. The summed E-state index contributed by atoms with van der Waals surface area (Å²) < 4.78 is 0. The summed E-state index contributed by atoms with van der Waals surface area (Å²) in [6.45, 7) is 5.32. The number of carbonyl (C=O) groups is 1. The predicted octanol–water partition coefficient (Wildman–Crippen LogP) is 1.09. The third-order valence-electron chi connectivity index (χ3n) is 2.03. The number of aromatic nitrogens is 2. The van der Waals surface area contributed by atoms with Crippen LogP contribution in [0, 0.1) is 0 Å². The molecule has 0 bridgehead atoms. The maximum atomic E-state index is 11.5. The number of halogens is 1. The van der Waals surface area contributed by atoms with E-state index in [4.69, 9.17) is 11.6 Å². The average molecular weight is 243 g/mol. The van der Waals surface area contributed by atoms with E-state index in [0.717, 1.165) is 0 Å². The first-order chi connectivity index (χ1) is 7.69. The van der Waals surface area contributed by atoms with Crippen LogP contribution in [0.15, 0.2) is 12.4 Å². The van der Waals surface area contributed by atoms with Gasteiger partial charge in [0.1, 0.15) is 0 Å². The van der Waals surface area contributed by atoms with Crippen molar-refractivity contribution < 1.29 is 4.79 Å². The van der Waals surface area contributed by atoms with Crippen molar-refractivity contribution >= 4 is 23.3 Å². The first-order valence-electron chi connectivity index (χ1n) is 5.17. The predicted molar refractivity (Wildman–Crippen MR) is 63.6 cm³/mol. The first-order valence-corrected chi connectivity index (χ1v) is 5.55. The van der Waals surface area contributed by atoms with Gasteiger partial charge in [0.15, 0.2) is 11.0 Å². The van der Waals surface area contributed by atoms with Crippen molar-refractivity contribution in [2.24, 2.45) is 0 Å². The summed E-state index contributed by atoms with van der Waals surface area (Å²) in [5.41, 5.74) is 0. The number of nitrogens with one attached hydrogen (secondary N) is 1. The van der Waals surface area contributed by atoms with Crippen LogP contribution in [-0.4, -0.2) is 35.5 Å². The zero-order valence-corrected chi connectivity index (χ0v) is 10.2. The van der Waals surface area contributed by atoms with E-state index in [1.54, 1.807) is 11.1 Å². The molecule has 1 aromatic heterocycles. The Morgan fingerprint density at radius 1 is 1.44 bits per heavy atom. The number of likely N-dealkylation sites (N-methyl/N-ethyl adjacent to an activating group) is 2. The number of amides is 1. The summed E-state index contributed by atoms with van der Waals surface area (Å²) in [5, 5.41) is 3.04. The van der Waals surface area contributed by atoms with E-state index in [0.29, 0.717) is 24.1 Å². The number of hydrogen-bond donors (Lipinski definition) is 1. The van der Waals surface area contributed by atoms with Gasteiger partial charge in [-0.25, -0.2) is 9.97 Å². The van der Waals surface area contributed by atoms with E-state index in [1.165, 1.54) is 6.20 Å². The summed E-state index contributed by atoms with van der Waals surface area (Å²) in [4.78, 5) is 21.3. The Morgan fingerprint density at radius 2 is 2.12 bits per heavy atom. The zero-order chi connectivity index (χ0) is 12.0. The van der Waals surface area contributed by atoms with Crippen molar-refractivity contribution in [1.82, 2.24) is 15.3 Å². The van der Waals surface area contributed by atoms with Crippen molar-refractivity contribution in [3.63, 3.8) is 0 Å². The normalized spacial score (nSPS) is 9.94. The molecule has 6 heteroatoms. The van der Waals surface area contributed by atoms with Gasteiger partial charge in [0, 0.05) is 25.5 Å². The van der Waals surface area contributed by atoms with E-state index < -0.39 is 0 Å². The van der Waals surface area contributed by atoms with Crippen molar-refractivity contribution in [3.05, 3.63) is 17.5 Å². The first kappa shape index (κ1) is 12.7. The molecule has 0 aliphatic rings. The van der Waals surface area contributed by atoms with Gasteiger partial charge in [-0.1, -0.05) is 11.6 Å². The summed E-state index contributed by atoms with van der Waals surface area (Å²) in [5.74, 6) is 0.490. The highest BCUT2D eigenvalue weighted by Gasteiger charge is 2.13. The molecule has 1 amide bonds. The van der Waals surface area contributed by atoms with Crippen molar-refractivity contribution in [2.45, 2.75) is 13.8 Å². The number of hydrogen-bond acceptors (Lipinski definition) is 4. The quantitative estimate of drug-likeness (QED) is 0.840. The van der Waals surface area contributed by atoms with Gasteiger partial charge in [-0.2, -0.15) is 0 Å². The Bertz CT molecular complexity index is 358. The molecule has 0 saturated carbocycles. The molecule has 88 valence electrons. The zero-order valence-electron chi connectivity index (χ0n) is 9.40. The molecule has 1 rings (SSSR count). The maximum Gasteiger partial charge on any atom is 0.239 e. The summed E-state index contributed by atoms with van der Waals surface area (Å²) in [6.07, 6.45) is 3.08. The molecule has 0 aromatic carbocycles. The Labute approximate surface area is 99.8 Å². The Kier molecular flexibility index (Phi) is 4.98. The van der Waals surface area contributed by atoms with Gasteiger partial charge in [0.2, 0.25) is 5.91 Å². The molecule has 1 aromatic rings. The maximum absolute atomic E-state index is 11.5. The molecule has 0 radical (unpaired) electrons. The Hall–Kier alpha value is -1.36. The van der Waals surface area contributed by atoms with Gasteiger partial charge in [-0.05, 0) is 13.8 Å². The third-order valence-corrected chi connectivity index (χ3v) is 2.29. The van der Waals surface area contributed by atoms with Crippen LogP contribution in [0.4, 0.5) is 5.82 Å². The van der Waals surface area contributed by atoms with Crippen molar-refractivity contribution in [1.29, 1.82) is 0 Å². The highest BCUT2D eigenvalue weighted by atomic mass is 35.5. The van der Waals surface area contributed by atoms with Crippen LogP contribution in [0.5, 0.6) is 0 Å². The molecule has 5 nitrogen and oxygen atoms in total. The topological polar surface area (TPSA) is 58.1 Å². The monoisotopic (exact) mass is 242 g/mol. The molecule has 0 unspecified atom stereocenters. The molecule has 16 heavy (non-hydrogen) atoms. The van der Waals surface area contributed by atoms with Crippen LogP contribution in [0.25, 0.3) is 0 Å². The lowest BCUT2D eigenvalue weighted by Crippen LogP contribution is -2.37. The van der Waals surface area contributed by atoms with Crippen LogP contribution in [0.1, 0.15) is 13.8 Å². The fraction of sp³-hybridized carbons (Fsp3) is 0.500. The highest BCUT2D eigenvalue weighted by Crippen LogP contribution is 2.18. The van der Waals surface area contributed by atoms with Gasteiger partial charge < -0.3 is 10.2 Å². The Morgan fingerprint density at radius 3 is 2.69 bits per heavy atom. The van der Waals surface area contributed by atoms with E-state index in [1.807, 2.05) is 13.8 Å². The summed E-state index contributed by atoms with van der Waals surface area (Å²) >= 11 is 5.91. The number of anilines is 1. The Balaban J connectivity index is 2.75. The van der Waals surface area contributed by atoms with Gasteiger partial charge in [0.25, 0.3) is 0 Å². The number of nitrogens with zero attached hydrogens (tertiary/aromatic N) is 3. The molecular formula is C10H15ClN4O. The van der Waals surface area contributed by atoms with Crippen LogP contribution >= 0.6 is 11.6 Å². The van der Waals surface area contributed by atoms with Crippen LogP contribution in [0.3, 0.4) is 0 Å². The molecular weight excluding hydrogens is 228 g/mol. The van der Waals surface area contributed by atoms with E-state index in [9.17, 15) is 4.79 Å². The third kappa shape index (κ3) is 3.34. The lowest BCUT2D eigenvalue weighted by Gasteiger charge is -2.21. The van der Waals surface area contributed by atoms with Crippen molar-refractivity contribution in [2.75, 3.05) is 24.5 Å². The van der Waals surface area contributed by atoms with E-state index in [-0.39, 0.29) is 12.5 Å². The van der Waals surface area contributed by atoms with Crippen LogP contribution in [-0.2, 0) is 4.79 Å². The van der Waals surface area contributed by atoms with Gasteiger partial charge in [-0.15, -0.1) is 0 Å². The molecule has 0 fully saturated rings. The SMILES string of the molecule is CCNC(=O)CN(CC)c1nccnc1Cl. The second kappa shape index (κ2) is 6.27. The molecule has 0 saturated heterocycles. The second-order valence-electron chi connectivity index (χ2n) is 3.14. The van der Waals surface area contributed by atoms with Crippen molar-refractivity contribution in [3.8, 4) is 0 Å². The number of rotatable bonds is 5. The molecule has 0 aliphatic heterocycles. The van der Waals surface area contributed by atoms with Gasteiger partial charge in [0.05, 0.1) is 6.54 Å². The summed E-state index contributed by atoms with van der Waals surface area (Å²) in [6, 6.07) is 0. The van der Waals surface area contributed by atoms with E-state index >= 15 is 0 Å². The van der Waals surface area contributed by atoms with Gasteiger partial charge in [-0.3, -0.25) is 4.79 Å². The molecule has 1 N–H and O–H groups in total. The lowest BCUT2D eigenvalue weighted by atomic mass is 10.4. The minimum atomic E-state index is -0.0499. The van der Waals surface area contributed by atoms with E-state index in [2.05, 4.69) is 15.3 Å². The van der Waals surface area contributed by atoms with Crippen LogP contribution in [0.2, 0.25) is 5.15 Å². The smallest absolute Gasteiger partial charge is 0.239 e. The number of carbonyl (C=O) groups excluding carboxylic acids is 1. The largest absolute Gasteiger partial charge is 0.355 e. The summed E-state index contributed by atoms with van der Waals surface area (Å²) in [7, 11) is 0. The average Bonchev–Trinajstić information content (AvgIpc) is 2.27. The van der Waals surface area contributed by atoms with Gasteiger partial charge >= 0.3 is 0 Å². The highest BCUT2D eigenvalue weighted by molar-refractivity contribution is 6.31. The molecule has 0 atom stereocenters. The molecule has 0 spiro atoms.